The van der Waals surface area contributed by atoms with E-state index in [1.165, 1.54) is 46.3 Å². The van der Waals surface area contributed by atoms with Crippen molar-refractivity contribution in [1.82, 2.24) is 0 Å². The molecule has 4 nitrogen and oxygen atoms in total. The molecule has 0 aromatic carbocycles. The van der Waals surface area contributed by atoms with Crippen LogP contribution in [0.2, 0.25) is 0 Å². The standard InChI is InChI=1S/C12H21O4P/c1-14-17(13,15-2)16-12-10-4-8-3-9(6-10)7-11(12)5-8/h8-12H,3-7H2,1-2H3. The third-order valence-corrected chi connectivity index (χ3v) is 6.23. The van der Waals surface area contributed by atoms with Crippen LogP contribution in [-0.4, -0.2) is 20.3 Å². The first kappa shape index (κ1) is 12.2. The summed E-state index contributed by atoms with van der Waals surface area (Å²) in [5.41, 5.74) is 0. The molecule has 4 fully saturated rings. The zero-order chi connectivity index (χ0) is 12.0. The molecule has 0 unspecified atom stereocenters. The highest BCUT2D eigenvalue weighted by Crippen LogP contribution is 2.59. The summed E-state index contributed by atoms with van der Waals surface area (Å²) < 4.78 is 27.6. The Bertz CT molecular complexity index is 307. The molecule has 4 bridgehead atoms. The van der Waals surface area contributed by atoms with Gasteiger partial charge in [-0.25, -0.2) is 4.57 Å². The second-order valence-electron chi connectivity index (χ2n) is 5.81. The number of rotatable bonds is 4. The molecule has 0 aromatic rings. The van der Waals surface area contributed by atoms with Crippen LogP contribution in [0, 0.1) is 23.7 Å². The first-order chi connectivity index (χ1) is 8.13. The van der Waals surface area contributed by atoms with Gasteiger partial charge in [-0.05, 0) is 55.8 Å². The predicted molar refractivity (Wildman–Crippen MR) is 63.5 cm³/mol. The van der Waals surface area contributed by atoms with Gasteiger partial charge in [0.2, 0.25) is 0 Å². The number of phosphoric acid groups is 1. The van der Waals surface area contributed by atoms with Gasteiger partial charge in [-0.15, -0.1) is 0 Å². The second kappa shape index (κ2) is 4.34. The number of phosphoric ester groups is 1. The van der Waals surface area contributed by atoms with Crippen molar-refractivity contribution in [2.24, 2.45) is 23.7 Å². The molecule has 0 radical (unpaired) electrons. The lowest BCUT2D eigenvalue weighted by molar-refractivity contribution is -0.0903. The van der Waals surface area contributed by atoms with Crippen molar-refractivity contribution in [3.05, 3.63) is 0 Å². The highest BCUT2D eigenvalue weighted by Gasteiger charge is 2.51. The third kappa shape index (κ3) is 2.10. The summed E-state index contributed by atoms with van der Waals surface area (Å²) in [5.74, 6) is 2.93. The maximum atomic E-state index is 12.1. The monoisotopic (exact) mass is 260 g/mol. The molecule has 0 N–H and O–H groups in total. The lowest BCUT2D eigenvalue weighted by atomic mass is 9.55. The molecule has 0 aliphatic heterocycles. The zero-order valence-electron chi connectivity index (χ0n) is 10.5. The van der Waals surface area contributed by atoms with E-state index in [9.17, 15) is 4.57 Å². The number of hydrogen-bond donors (Lipinski definition) is 0. The van der Waals surface area contributed by atoms with Crippen LogP contribution in [0.1, 0.15) is 32.1 Å². The molecule has 17 heavy (non-hydrogen) atoms. The van der Waals surface area contributed by atoms with Crippen molar-refractivity contribution in [2.75, 3.05) is 14.2 Å². The van der Waals surface area contributed by atoms with Gasteiger partial charge in [-0.1, -0.05) is 0 Å². The van der Waals surface area contributed by atoms with E-state index in [1.807, 2.05) is 0 Å². The van der Waals surface area contributed by atoms with E-state index in [1.54, 1.807) is 0 Å². The molecule has 4 saturated carbocycles. The average molecular weight is 260 g/mol. The third-order valence-electron chi connectivity index (χ3n) is 4.84. The first-order valence-electron chi connectivity index (χ1n) is 6.53. The summed E-state index contributed by atoms with van der Waals surface area (Å²) in [6.45, 7) is 0. The molecular formula is C12H21O4P. The summed E-state index contributed by atoms with van der Waals surface area (Å²) >= 11 is 0. The van der Waals surface area contributed by atoms with Gasteiger partial charge in [0, 0.05) is 14.2 Å². The molecule has 0 spiro atoms. The molecule has 0 aromatic heterocycles. The van der Waals surface area contributed by atoms with E-state index in [-0.39, 0.29) is 6.10 Å². The topological polar surface area (TPSA) is 44.8 Å². The summed E-state index contributed by atoms with van der Waals surface area (Å²) in [5, 5.41) is 0. The van der Waals surface area contributed by atoms with Gasteiger partial charge < -0.3 is 0 Å². The first-order valence-corrected chi connectivity index (χ1v) is 7.99. The van der Waals surface area contributed by atoms with Gasteiger partial charge in [-0.3, -0.25) is 13.6 Å². The fraction of sp³-hybridized carbons (Fsp3) is 1.00. The Hall–Kier alpha value is 0.110. The van der Waals surface area contributed by atoms with Gasteiger partial charge in [0.15, 0.2) is 0 Å². The van der Waals surface area contributed by atoms with E-state index in [0.29, 0.717) is 11.8 Å². The van der Waals surface area contributed by atoms with E-state index >= 15 is 0 Å². The molecular weight excluding hydrogens is 239 g/mol. The molecule has 0 saturated heterocycles. The van der Waals surface area contributed by atoms with Crippen LogP contribution >= 0.6 is 7.82 Å². The quantitative estimate of drug-likeness (QED) is 0.728. The minimum atomic E-state index is -3.31. The Labute approximate surface area is 103 Å². The van der Waals surface area contributed by atoms with Crippen molar-refractivity contribution >= 4 is 7.82 Å². The fourth-order valence-corrected chi connectivity index (χ4v) is 5.32. The predicted octanol–water partition coefficient (Wildman–Crippen LogP) is 3.23. The summed E-state index contributed by atoms with van der Waals surface area (Å²) in [6, 6.07) is 0. The summed E-state index contributed by atoms with van der Waals surface area (Å²) in [4.78, 5) is 0. The Morgan fingerprint density at radius 3 is 1.76 bits per heavy atom. The van der Waals surface area contributed by atoms with Crippen LogP contribution in [0.15, 0.2) is 0 Å². The van der Waals surface area contributed by atoms with Gasteiger partial charge in [0.25, 0.3) is 0 Å². The largest absolute Gasteiger partial charge is 0.474 e. The SMILES string of the molecule is COP(=O)(OC)OC1C2CC3CC(C2)CC1C3. The minimum Gasteiger partial charge on any atom is -0.290 e. The van der Waals surface area contributed by atoms with E-state index < -0.39 is 7.82 Å². The molecule has 0 atom stereocenters. The van der Waals surface area contributed by atoms with Gasteiger partial charge in [0.1, 0.15) is 0 Å². The Kier molecular flexibility index (Phi) is 3.10. The van der Waals surface area contributed by atoms with E-state index in [0.717, 1.165) is 11.8 Å². The maximum Gasteiger partial charge on any atom is 0.474 e. The molecule has 4 aliphatic rings. The van der Waals surface area contributed by atoms with Crippen LogP contribution in [-0.2, 0) is 18.1 Å². The molecule has 4 aliphatic carbocycles. The normalized spacial score (nSPS) is 44.2. The maximum absolute atomic E-state index is 12.1. The van der Waals surface area contributed by atoms with Gasteiger partial charge in [-0.2, -0.15) is 0 Å². The van der Waals surface area contributed by atoms with Crippen molar-refractivity contribution in [1.29, 1.82) is 0 Å². The Morgan fingerprint density at radius 2 is 1.35 bits per heavy atom. The average Bonchev–Trinajstić information content (AvgIpc) is 2.33. The molecule has 98 valence electrons. The lowest BCUT2D eigenvalue weighted by Gasteiger charge is -2.53. The molecule has 5 heteroatoms. The highest BCUT2D eigenvalue weighted by molar-refractivity contribution is 7.48. The zero-order valence-corrected chi connectivity index (χ0v) is 11.4. The number of hydrogen-bond acceptors (Lipinski definition) is 4. The van der Waals surface area contributed by atoms with Crippen molar-refractivity contribution in [3.8, 4) is 0 Å². The van der Waals surface area contributed by atoms with Crippen molar-refractivity contribution < 1.29 is 18.1 Å². The summed E-state index contributed by atoms with van der Waals surface area (Å²) in [7, 11) is -0.530. The smallest absolute Gasteiger partial charge is 0.290 e. The van der Waals surface area contributed by atoms with Crippen LogP contribution in [0.3, 0.4) is 0 Å². The highest BCUT2D eigenvalue weighted by atomic mass is 31.2. The van der Waals surface area contributed by atoms with Crippen molar-refractivity contribution in [2.45, 2.75) is 38.2 Å². The van der Waals surface area contributed by atoms with Crippen LogP contribution in [0.5, 0.6) is 0 Å². The minimum absolute atomic E-state index is 0.0912. The van der Waals surface area contributed by atoms with Gasteiger partial charge in [0.05, 0.1) is 6.10 Å². The van der Waals surface area contributed by atoms with Crippen molar-refractivity contribution in [3.63, 3.8) is 0 Å². The van der Waals surface area contributed by atoms with E-state index in [4.69, 9.17) is 13.6 Å². The Morgan fingerprint density at radius 1 is 0.882 bits per heavy atom. The van der Waals surface area contributed by atoms with Crippen LogP contribution in [0.4, 0.5) is 0 Å². The molecule has 0 heterocycles. The van der Waals surface area contributed by atoms with E-state index in [2.05, 4.69) is 0 Å². The van der Waals surface area contributed by atoms with Crippen LogP contribution in [0.25, 0.3) is 0 Å². The van der Waals surface area contributed by atoms with Gasteiger partial charge >= 0.3 is 7.82 Å². The molecule has 4 rings (SSSR count). The fourth-order valence-electron chi connectivity index (χ4n) is 4.36. The molecule has 0 amide bonds. The van der Waals surface area contributed by atoms with Crippen LogP contribution < -0.4 is 0 Å². The lowest BCUT2D eigenvalue weighted by Crippen LogP contribution is -2.49. The summed E-state index contributed by atoms with van der Waals surface area (Å²) in [6.07, 6.45) is 6.46. The second-order valence-corrected chi connectivity index (χ2v) is 7.65. The Balaban J connectivity index is 1.74.